The molecule has 0 spiro atoms. The Labute approximate surface area is 168 Å². The van der Waals surface area contributed by atoms with Crippen LogP contribution < -0.4 is 11.1 Å². The fourth-order valence-corrected chi connectivity index (χ4v) is 5.00. The van der Waals surface area contributed by atoms with E-state index in [-0.39, 0.29) is 41.8 Å². The molecule has 0 aliphatic carbocycles. The first-order chi connectivity index (χ1) is 12.7. The number of nitrogens with one attached hydrogen (secondary N) is 1. The Morgan fingerprint density at radius 3 is 2.22 bits per heavy atom. The number of anilines is 1. The molecule has 1 heterocycles. The largest absolute Gasteiger partial charge is 0.324 e. The molecular weight excluding hydrogens is 409 g/mol. The molecule has 1 aliphatic rings. The molecule has 3 rings (SSSR count). The van der Waals surface area contributed by atoms with Crippen molar-refractivity contribution in [2.75, 3.05) is 18.4 Å². The van der Waals surface area contributed by atoms with Gasteiger partial charge in [-0.1, -0.05) is 35.3 Å². The maximum atomic E-state index is 12.8. The topological polar surface area (TPSA) is 92.5 Å². The molecule has 1 aliphatic heterocycles. The van der Waals surface area contributed by atoms with Crippen LogP contribution in [0.3, 0.4) is 0 Å². The summed E-state index contributed by atoms with van der Waals surface area (Å²) in [7, 11) is -3.73. The lowest BCUT2D eigenvalue weighted by molar-refractivity contribution is -0.122. The number of carbonyl (C=O) groups is 1. The lowest BCUT2D eigenvalue weighted by atomic mass is 9.88. The zero-order chi connectivity index (χ0) is 19.7. The van der Waals surface area contributed by atoms with E-state index in [4.69, 9.17) is 28.9 Å². The molecule has 0 bridgehead atoms. The second-order valence-electron chi connectivity index (χ2n) is 6.45. The van der Waals surface area contributed by atoms with Gasteiger partial charge in [0.2, 0.25) is 15.9 Å². The van der Waals surface area contributed by atoms with Crippen molar-refractivity contribution in [3.05, 3.63) is 58.6 Å². The van der Waals surface area contributed by atoms with Gasteiger partial charge >= 0.3 is 0 Å². The first-order valence-electron chi connectivity index (χ1n) is 8.33. The molecule has 6 nitrogen and oxygen atoms in total. The van der Waals surface area contributed by atoms with Crippen LogP contribution in [0.2, 0.25) is 10.0 Å². The van der Waals surface area contributed by atoms with Crippen LogP contribution in [0.25, 0.3) is 0 Å². The Hall–Kier alpha value is -1.64. The Kier molecular flexibility index (Phi) is 5.79. The van der Waals surface area contributed by atoms with Crippen molar-refractivity contribution in [3.8, 4) is 0 Å². The molecule has 0 atom stereocenters. The molecule has 1 saturated heterocycles. The van der Waals surface area contributed by atoms with Gasteiger partial charge < -0.3 is 11.1 Å². The van der Waals surface area contributed by atoms with E-state index >= 15 is 0 Å². The third kappa shape index (κ3) is 4.28. The molecule has 0 radical (unpaired) electrons. The normalized spacial score (nSPS) is 17.4. The van der Waals surface area contributed by atoms with Crippen molar-refractivity contribution in [1.82, 2.24) is 4.31 Å². The average molecular weight is 428 g/mol. The van der Waals surface area contributed by atoms with Crippen LogP contribution in [0.4, 0.5) is 5.69 Å². The van der Waals surface area contributed by atoms with E-state index in [1.54, 1.807) is 36.4 Å². The van der Waals surface area contributed by atoms with Crippen molar-refractivity contribution in [1.29, 1.82) is 0 Å². The molecule has 144 valence electrons. The zero-order valence-electron chi connectivity index (χ0n) is 14.4. The molecule has 2 aromatic carbocycles. The van der Waals surface area contributed by atoms with E-state index in [0.717, 1.165) is 0 Å². The summed E-state index contributed by atoms with van der Waals surface area (Å²) in [5.74, 6) is -0.348. The maximum absolute atomic E-state index is 12.8. The summed E-state index contributed by atoms with van der Waals surface area (Å²) in [5.41, 5.74) is 5.71. The van der Waals surface area contributed by atoms with Gasteiger partial charge in [0, 0.05) is 23.8 Å². The van der Waals surface area contributed by atoms with Crippen LogP contribution in [-0.4, -0.2) is 37.3 Å². The zero-order valence-corrected chi connectivity index (χ0v) is 16.7. The molecule has 0 unspecified atom stereocenters. The van der Waals surface area contributed by atoms with Gasteiger partial charge in [-0.2, -0.15) is 4.31 Å². The Balaban J connectivity index is 1.69. The minimum atomic E-state index is -3.73. The number of benzene rings is 2. The Morgan fingerprint density at radius 2 is 1.63 bits per heavy atom. The number of amides is 1. The lowest BCUT2D eigenvalue weighted by Crippen LogP contribution is -2.58. The van der Waals surface area contributed by atoms with E-state index in [1.807, 2.05) is 0 Å². The number of piperidine rings is 1. The number of nitrogens with zero attached hydrogens (tertiary/aromatic N) is 1. The van der Waals surface area contributed by atoms with Gasteiger partial charge in [0.1, 0.15) is 4.90 Å². The average Bonchev–Trinajstić information content (AvgIpc) is 2.64. The smallest absolute Gasteiger partial charge is 0.244 e. The minimum absolute atomic E-state index is 0.0572. The van der Waals surface area contributed by atoms with Crippen LogP contribution >= 0.6 is 23.2 Å². The SMILES string of the molecule is NC1(C(=O)Nc2ccc(Cl)cc2)CCN(S(=O)(=O)c2ccccc2Cl)CC1. The first kappa shape index (κ1) is 20.1. The third-order valence-corrected chi connectivity index (χ3v) is 7.27. The highest BCUT2D eigenvalue weighted by Crippen LogP contribution is 2.29. The summed E-state index contributed by atoms with van der Waals surface area (Å²) in [6, 6.07) is 13.0. The molecule has 1 amide bonds. The highest BCUT2D eigenvalue weighted by molar-refractivity contribution is 7.89. The molecule has 27 heavy (non-hydrogen) atoms. The predicted molar refractivity (Wildman–Crippen MR) is 106 cm³/mol. The first-order valence-corrected chi connectivity index (χ1v) is 10.5. The van der Waals surface area contributed by atoms with E-state index in [9.17, 15) is 13.2 Å². The van der Waals surface area contributed by atoms with Crippen LogP contribution in [0, 0.1) is 0 Å². The Morgan fingerprint density at radius 1 is 1.04 bits per heavy atom. The quantitative estimate of drug-likeness (QED) is 0.783. The molecule has 1 fully saturated rings. The van der Waals surface area contributed by atoms with Crippen molar-refractivity contribution in [2.45, 2.75) is 23.3 Å². The fraction of sp³-hybridized carbons (Fsp3) is 0.278. The molecule has 3 N–H and O–H groups in total. The number of sulfonamides is 1. The van der Waals surface area contributed by atoms with Gasteiger partial charge in [-0.3, -0.25) is 4.79 Å². The summed E-state index contributed by atoms with van der Waals surface area (Å²) in [6.07, 6.45) is 0.409. The monoisotopic (exact) mass is 427 g/mol. The molecule has 9 heteroatoms. The summed E-state index contributed by atoms with van der Waals surface area (Å²) >= 11 is 11.9. The van der Waals surface area contributed by atoms with Crippen molar-refractivity contribution in [2.24, 2.45) is 5.73 Å². The van der Waals surface area contributed by atoms with Gasteiger partial charge in [0.05, 0.1) is 10.6 Å². The standard InChI is InChI=1S/C18H19Cl2N3O3S/c19-13-5-7-14(8-6-13)22-17(24)18(21)9-11-23(12-10-18)27(25,26)16-4-2-1-3-15(16)20/h1-8H,9-12,21H2,(H,22,24). The van der Waals surface area contributed by atoms with Crippen molar-refractivity contribution >= 4 is 44.8 Å². The van der Waals surface area contributed by atoms with Gasteiger partial charge in [0.25, 0.3) is 0 Å². The number of carbonyl (C=O) groups excluding carboxylic acids is 1. The number of nitrogens with two attached hydrogens (primary N) is 1. The van der Waals surface area contributed by atoms with Crippen LogP contribution in [-0.2, 0) is 14.8 Å². The van der Waals surface area contributed by atoms with Crippen molar-refractivity contribution in [3.63, 3.8) is 0 Å². The van der Waals surface area contributed by atoms with E-state index in [0.29, 0.717) is 10.7 Å². The van der Waals surface area contributed by atoms with E-state index < -0.39 is 15.6 Å². The summed E-state index contributed by atoms with van der Waals surface area (Å²) < 4.78 is 26.9. The summed E-state index contributed by atoms with van der Waals surface area (Å²) in [5, 5.41) is 3.49. The van der Waals surface area contributed by atoms with Crippen molar-refractivity contribution < 1.29 is 13.2 Å². The van der Waals surface area contributed by atoms with Crippen LogP contribution in [0.1, 0.15) is 12.8 Å². The molecule has 2 aromatic rings. The van der Waals surface area contributed by atoms with Crippen LogP contribution in [0.15, 0.2) is 53.4 Å². The number of hydrogen-bond donors (Lipinski definition) is 2. The minimum Gasteiger partial charge on any atom is -0.324 e. The second kappa shape index (κ2) is 7.77. The van der Waals surface area contributed by atoms with E-state index in [1.165, 1.54) is 16.4 Å². The van der Waals surface area contributed by atoms with Gasteiger partial charge in [-0.25, -0.2) is 8.42 Å². The van der Waals surface area contributed by atoms with Gasteiger partial charge in [-0.15, -0.1) is 0 Å². The number of hydrogen-bond acceptors (Lipinski definition) is 4. The van der Waals surface area contributed by atoms with Gasteiger partial charge in [0.15, 0.2) is 0 Å². The van der Waals surface area contributed by atoms with Gasteiger partial charge in [-0.05, 0) is 49.2 Å². The lowest BCUT2D eigenvalue weighted by Gasteiger charge is -2.37. The summed E-state index contributed by atoms with van der Waals surface area (Å²) in [4.78, 5) is 12.7. The second-order valence-corrected chi connectivity index (χ2v) is 9.20. The van der Waals surface area contributed by atoms with E-state index in [2.05, 4.69) is 5.32 Å². The predicted octanol–water partition coefficient (Wildman–Crippen LogP) is 3.11. The molecular formula is C18H19Cl2N3O3S. The van der Waals surface area contributed by atoms with Crippen LogP contribution in [0.5, 0.6) is 0 Å². The number of halogens is 2. The summed E-state index contributed by atoms with van der Waals surface area (Å²) in [6.45, 7) is 0.274. The maximum Gasteiger partial charge on any atom is 0.244 e. The fourth-order valence-electron chi connectivity index (χ4n) is 2.93. The highest BCUT2D eigenvalue weighted by Gasteiger charge is 2.41. The highest BCUT2D eigenvalue weighted by atomic mass is 35.5. The Bertz CT molecular complexity index is 941. The molecule has 0 saturated carbocycles. The third-order valence-electron chi connectivity index (χ3n) is 4.62. The number of rotatable bonds is 4. The molecule has 0 aromatic heterocycles.